The standard InChI is InChI=1S/C16H14BrN3/c1-11-5-7-14(8-6-11)20-16(18)10-15(19-20)12-3-2-4-13(17)9-12/h2-10H,18H2,1H3. The largest absolute Gasteiger partial charge is 0.384 e. The lowest BCUT2D eigenvalue weighted by Crippen LogP contribution is -2.01. The first kappa shape index (κ1) is 12.9. The molecule has 0 aliphatic heterocycles. The number of hydrogen-bond acceptors (Lipinski definition) is 2. The van der Waals surface area contributed by atoms with Crippen LogP contribution in [0.3, 0.4) is 0 Å². The minimum absolute atomic E-state index is 0.629. The maximum atomic E-state index is 6.08. The molecule has 3 nitrogen and oxygen atoms in total. The van der Waals surface area contributed by atoms with E-state index in [0.717, 1.165) is 21.4 Å². The molecule has 4 heteroatoms. The van der Waals surface area contributed by atoms with Crippen LogP contribution in [-0.2, 0) is 0 Å². The number of halogens is 1. The summed E-state index contributed by atoms with van der Waals surface area (Å²) in [5, 5.41) is 4.59. The fraction of sp³-hybridized carbons (Fsp3) is 0.0625. The van der Waals surface area contributed by atoms with Crippen LogP contribution in [0.4, 0.5) is 5.82 Å². The lowest BCUT2D eigenvalue weighted by atomic mass is 10.2. The number of hydrogen-bond donors (Lipinski definition) is 1. The van der Waals surface area contributed by atoms with Gasteiger partial charge in [-0.1, -0.05) is 45.8 Å². The zero-order valence-corrected chi connectivity index (χ0v) is 12.6. The Morgan fingerprint density at radius 2 is 1.80 bits per heavy atom. The normalized spacial score (nSPS) is 10.7. The highest BCUT2D eigenvalue weighted by Crippen LogP contribution is 2.25. The molecule has 1 aromatic heterocycles. The fourth-order valence-electron chi connectivity index (χ4n) is 2.08. The molecule has 2 aromatic carbocycles. The van der Waals surface area contributed by atoms with E-state index in [4.69, 9.17) is 5.73 Å². The Labute approximate surface area is 126 Å². The number of rotatable bonds is 2. The second kappa shape index (κ2) is 5.13. The molecule has 0 bridgehead atoms. The zero-order chi connectivity index (χ0) is 14.1. The smallest absolute Gasteiger partial charge is 0.127 e. The molecule has 20 heavy (non-hydrogen) atoms. The molecule has 0 saturated heterocycles. The molecule has 0 atom stereocenters. The quantitative estimate of drug-likeness (QED) is 0.766. The molecular formula is C16H14BrN3. The molecule has 1 heterocycles. The van der Waals surface area contributed by atoms with Gasteiger partial charge in [-0.05, 0) is 31.2 Å². The minimum atomic E-state index is 0.629. The number of nitrogens with zero attached hydrogens (tertiary/aromatic N) is 2. The predicted molar refractivity (Wildman–Crippen MR) is 85.8 cm³/mol. The van der Waals surface area contributed by atoms with Crippen molar-refractivity contribution in [2.45, 2.75) is 6.92 Å². The van der Waals surface area contributed by atoms with Crippen LogP contribution < -0.4 is 5.73 Å². The molecule has 0 unspecified atom stereocenters. The Morgan fingerprint density at radius 1 is 1.05 bits per heavy atom. The van der Waals surface area contributed by atoms with Crippen LogP contribution in [0.5, 0.6) is 0 Å². The van der Waals surface area contributed by atoms with E-state index in [9.17, 15) is 0 Å². The van der Waals surface area contributed by atoms with Crippen molar-refractivity contribution in [3.05, 3.63) is 64.6 Å². The van der Waals surface area contributed by atoms with Gasteiger partial charge in [0.25, 0.3) is 0 Å². The van der Waals surface area contributed by atoms with Crippen molar-refractivity contribution >= 4 is 21.7 Å². The summed E-state index contributed by atoms with van der Waals surface area (Å²) in [6, 6.07) is 18.1. The van der Waals surface area contributed by atoms with Crippen molar-refractivity contribution in [3.8, 4) is 16.9 Å². The summed E-state index contributed by atoms with van der Waals surface area (Å²) in [6.07, 6.45) is 0. The van der Waals surface area contributed by atoms with Gasteiger partial charge in [0, 0.05) is 16.1 Å². The highest BCUT2D eigenvalue weighted by Gasteiger charge is 2.08. The lowest BCUT2D eigenvalue weighted by Gasteiger charge is -2.04. The minimum Gasteiger partial charge on any atom is -0.384 e. The molecule has 100 valence electrons. The summed E-state index contributed by atoms with van der Waals surface area (Å²) in [5.41, 5.74) is 10.2. The number of aryl methyl sites for hydroxylation is 1. The molecular weight excluding hydrogens is 314 g/mol. The average molecular weight is 328 g/mol. The third-order valence-corrected chi connectivity index (χ3v) is 3.63. The zero-order valence-electron chi connectivity index (χ0n) is 11.0. The van der Waals surface area contributed by atoms with Gasteiger partial charge in [-0.3, -0.25) is 0 Å². The van der Waals surface area contributed by atoms with Crippen LogP contribution in [-0.4, -0.2) is 9.78 Å². The number of nitrogen functional groups attached to an aromatic ring is 1. The Balaban J connectivity index is 2.05. The summed E-state index contributed by atoms with van der Waals surface area (Å²) < 4.78 is 2.79. The van der Waals surface area contributed by atoms with Crippen molar-refractivity contribution in [2.75, 3.05) is 5.73 Å². The van der Waals surface area contributed by atoms with Crippen molar-refractivity contribution in [2.24, 2.45) is 0 Å². The molecule has 0 amide bonds. The molecule has 3 rings (SSSR count). The number of anilines is 1. The van der Waals surface area contributed by atoms with Crippen LogP contribution in [0.1, 0.15) is 5.56 Å². The number of nitrogens with two attached hydrogens (primary N) is 1. The lowest BCUT2D eigenvalue weighted by molar-refractivity contribution is 0.894. The van der Waals surface area contributed by atoms with E-state index in [1.54, 1.807) is 4.68 Å². The third kappa shape index (κ3) is 2.47. The molecule has 0 aliphatic rings. The Kier molecular flexibility index (Phi) is 3.32. The van der Waals surface area contributed by atoms with E-state index in [2.05, 4.69) is 40.1 Å². The van der Waals surface area contributed by atoms with E-state index in [-0.39, 0.29) is 0 Å². The monoisotopic (exact) mass is 327 g/mol. The summed E-state index contributed by atoms with van der Waals surface area (Å²) in [5.74, 6) is 0.629. The summed E-state index contributed by atoms with van der Waals surface area (Å²) in [7, 11) is 0. The third-order valence-electron chi connectivity index (χ3n) is 3.14. The molecule has 3 aromatic rings. The first-order valence-corrected chi connectivity index (χ1v) is 7.11. The van der Waals surface area contributed by atoms with Gasteiger partial charge < -0.3 is 5.73 Å². The van der Waals surface area contributed by atoms with Crippen LogP contribution in [0.25, 0.3) is 16.9 Å². The maximum Gasteiger partial charge on any atom is 0.127 e. The first-order valence-electron chi connectivity index (χ1n) is 6.32. The second-order valence-corrected chi connectivity index (χ2v) is 5.63. The van der Waals surface area contributed by atoms with Gasteiger partial charge in [-0.15, -0.1) is 0 Å². The Morgan fingerprint density at radius 3 is 2.50 bits per heavy atom. The molecule has 0 fully saturated rings. The number of aromatic nitrogens is 2. The van der Waals surface area contributed by atoms with Gasteiger partial charge in [-0.2, -0.15) is 5.10 Å². The second-order valence-electron chi connectivity index (χ2n) is 4.71. The predicted octanol–water partition coefficient (Wildman–Crippen LogP) is 4.19. The van der Waals surface area contributed by atoms with Crippen LogP contribution in [0.2, 0.25) is 0 Å². The molecule has 0 aliphatic carbocycles. The van der Waals surface area contributed by atoms with E-state index >= 15 is 0 Å². The van der Waals surface area contributed by atoms with E-state index < -0.39 is 0 Å². The first-order chi connectivity index (χ1) is 9.63. The van der Waals surface area contributed by atoms with Crippen LogP contribution in [0.15, 0.2) is 59.1 Å². The topological polar surface area (TPSA) is 43.8 Å². The van der Waals surface area contributed by atoms with E-state index in [1.165, 1.54) is 5.56 Å². The van der Waals surface area contributed by atoms with Crippen molar-refractivity contribution in [1.82, 2.24) is 9.78 Å². The van der Waals surface area contributed by atoms with E-state index in [0.29, 0.717) is 5.82 Å². The molecule has 0 radical (unpaired) electrons. The summed E-state index contributed by atoms with van der Waals surface area (Å²) in [4.78, 5) is 0. The Bertz CT molecular complexity index is 745. The van der Waals surface area contributed by atoms with Gasteiger partial charge in [-0.25, -0.2) is 4.68 Å². The van der Waals surface area contributed by atoms with Gasteiger partial charge in [0.1, 0.15) is 5.82 Å². The average Bonchev–Trinajstić information content (AvgIpc) is 2.82. The highest BCUT2D eigenvalue weighted by molar-refractivity contribution is 9.10. The Hall–Kier alpha value is -2.07. The van der Waals surface area contributed by atoms with Gasteiger partial charge in [0.2, 0.25) is 0 Å². The van der Waals surface area contributed by atoms with Crippen LogP contribution >= 0.6 is 15.9 Å². The summed E-state index contributed by atoms with van der Waals surface area (Å²) in [6.45, 7) is 2.06. The molecule has 0 saturated carbocycles. The van der Waals surface area contributed by atoms with Crippen molar-refractivity contribution < 1.29 is 0 Å². The van der Waals surface area contributed by atoms with Crippen molar-refractivity contribution in [3.63, 3.8) is 0 Å². The maximum absolute atomic E-state index is 6.08. The number of benzene rings is 2. The fourth-order valence-corrected chi connectivity index (χ4v) is 2.48. The van der Waals surface area contributed by atoms with E-state index in [1.807, 2.05) is 42.5 Å². The highest BCUT2D eigenvalue weighted by atomic mass is 79.9. The van der Waals surface area contributed by atoms with Gasteiger partial charge in [0.15, 0.2) is 0 Å². The van der Waals surface area contributed by atoms with Crippen molar-refractivity contribution in [1.29, 1.82) is 0 Å². The van der Waals surface area contributed by atoms with Crippen LogP contribution in [0, 0.1) is 6.92 Å². The SMILES string of the molecule is Cc1ccc(-n2nc(-c3cccc(Br)c3)cc2N)cc1. The molecule has 2 N–H and O–H groups in total. The van der Waals surface area contributed by atoms with Gasteiger partial charge in [0.05, 0.1) is 11.4 Å². The molecule has 0 spiro atoms. The van der Waals surface area contributed by atoms with Gasteiger partial charge >= 0.3 is 0 Å². The summed E-state index contributed by atoms with van der Waals surface area (Å²) >= 11 is 3.47.